The van der Waals surface area contributed by atoms with Gasteiger partial charge in [-0.15, -0.1) is 11.8 Å². The highest BCUT2D eigenvalue weighted by Crippen LogP contribution is 2.15. The average molecular weight is 335 g/mol. The minimum Gasteiger partial charge on any atom is -0.489 e. The van der Waals surface area contributed by atoms with Crippen LogP contribution in [0.4, 0.5) is 0 Å². The molecule has 1 heterocycles. The normalized spacial score (nSPS) is 10.3. The number of hydrogen-bond acceptors (Lipinski definition) is 5. The van der Waals surface area contributed by atoms with Gasteiger partial charge in [0.1, 0.15) is 12.4 Å². The highest BCUT2D eigenvalue weighted by Gasteiger charge is 2.15. The Hall–Kier alpha value is -2.41. The Morgan fingerprint density at radius 3 is 2.74 bits per heavy atom. The summed E-state index contributed by atoms with van der Waals surface area (Å²) in [6.45, 7) is 0.605. The van der Waals surface area contributed by atoms with Gasteiger partial charge in [0.25, 0.3) is 5.91 Å². The van der Waals surface area contributed by atoms with Crippen LogP contribution in [0.25, 0.3) is 0 Å². The minimum absolute atomic E-state index is 0.0206. The third kappa shape index (κ3) is 5.71. The second-order valence-corrected chi connectivity index (χ2v) is 5.68. The zero-order valence-corrected chi connectivity index (χ0v) is 13.2. The van der Waals surface area contributed by atoms with Crippen molar-refractivity contribution in [2.75, 3.05) is 18.1 Å². The molecule has 23 heavy (non-hydrogen) atoms. The third-order valence-electron chi connectivity index (χ3n) is 2.85. The molecule has 0 saturated heterocycles. The van der Waals surface area contributed by atoms with Gasteiger partial charge in [0.15, 0.2) is 5.76 Å². The zero-order chi connectivity index (χ0) is 16.5. The van der Waals surface area contributed by atoms with E-state index in [2.05, 4.69) is 5.32 Å². The summed E-state index contributed by atoms with van der Waals surface area (Å²) in [4.78, 5) is 22.4. The first-order valence-electron chi connectivity index (χ1n) is 6.99. The number of aliphatic carboxylic acids is 1. The number of ether oxygens (including phenoxy) is 1. The molecule has 0 radical (unpaired) electrons. The van der Waals surface area contributed by atoms with Gasteiger partial charge in [0, 0.05) is 17.9 Å². The van der Waals surface area contributed by atoms with Gasteiger partial charge >= 0.3 is 5.97 Å². The summed E-state index contributed by atoms with van der Waals surface area (Å²) in [5, 5.41) is 11.2. The van der Waals surface area contributed by atoms with Crippen molar-refractivity contribution in [2.45, 2.75) is 6.61 Å². The number of carboxylic acids is 1. The molecule has 0 spiro atoms. The summed E-state index contributed by atoms with van der Waals surface area (Å²) in [6.07, 6.45) is 1.44. The number of benzene rings is 1. The standard InChI is InChI=1S/C16H17NO5S/c18-14(19)11-23-9-7-17-16(20)15-12(6-8-21-15)10-22-13-4-2-1-3-5-13/h1-6,8H,7,9-11H2,(H,17,20)(H,18,19). The first-order valence-corrected chi connectivity index (χ1v) is 8.14. The predicted octanol–water partition coefficient (Wildman–Crippen LogP) is 2.41. The van der Waals surface area contributed by atoms with Crippen molar-refractivity contribution < 1.29 is 23.8 Å². The maximum absolute atomic E-state index is 12.0. The Morgan fingerprint density at radius 2 is 2.00 bits per heavy atom. The van der Waals surface area contributed by atoms with Crippen molar-refractivity contribution in [3.05, 3.63) is 54.0 Å². The van der Waals surface area contributed by atoms with E-state index in [4.69, 9.17) is 14.3 Å². The van der Waals surface area contributed by atoms with Crippen LogP contribution in [0.5, 0.6) is 5.75 Å². The Kier molecular flexibility index (Phi) is 6.56. The smallest absolute Gasteiger partial charge is 0.313 e. The topological polar surface area (TPSA) is 88.8 Å². The van der Waals surface area contributed by atoms with Gasteiger partial charge < -0.3 is 19.6 Å². The monoisotopic (exact) mass is 335 g/mol. The van der Waals surface area contributed by atoms with E-state index in [1.165, 1.54) is 18.0 Å². The first-order chi connectivity index (χ1) is 11.2. The fourth-order valence-corrected chi connectivity index (χ4v) is 2.37. The van der Waals surface area contributed by atoms with Crippen LogP contribution in [0, 0.1) is 0 Å². The Morgan fingerprint density at radius 1 is 1.22 bits per heavy atom. The lowest BCUT2D eigenvalue weighted by Gasteiger charge is -2.07. The minimum atomic E-state index is -0.868. The zero-order valence-electron chi connectivity index (χ0n) is 12.4. The Bertz CT molecular complexity index is 641. The van der Waals surface area contributed by atoms with Crippen LogP contribution < -0.4 is 10.1 Å². The van der Waals surface area contributed by atoms with Gasteiger partial charge in [-0.2, -0.15) is 0 Å². The predicted molar refractivity (Wildman–Crippen MR) is 86.8 cm³/mol. The summed E-state index contributed by atoms with van der Waals surface area (Å²) in [7, 11) is 0. The molecule has 0 bridgehead atoms. The summed E-state index contributed by atoms with van der Waals surface area (Å²) < 4.78 is 10.8. The summed E-state index contributed by atoms with van der Waals surface area (Å²) in [5.74, 6) is 0.265. The number of carbonyl (C=O) groups excluding carboxylic acids is 1. The largest absolute Gasteiger partial charge is 0.489 e. The van der Waals surface area contributed by atoms with Gasteiger partial charge in [-0.25, -0.2) is 0 Å². The van der Waals surface area contributed by atoms with Crippen LogP contribution >= 0.6 is 11.8 Å². The molecule has 0 aliphatic rings. The molecule has 0 atom stereocenters. The number of para-hydroxylation sites is 1. The van der Waals surface area contributed by atoms with E-state index in [0.717, 1.165) is 0 Å². The number of carbonyl (C=O) groups is 2. The molecule has 2 aromatic rings. The van der Waals surface area contributed by atoms with Crippen molar-refractivity contribution in [3.63, 3.8) is 0 Å². The van der Waals surface area contributed by atoms with Gasteiger partial charge in [-0.1, -0.05) is 18.2 Å². The van der Waals surface area contributed by atoms with E-state index in [1.807, 2.05) is 30.3 Å². The molecular weight excluding hydrogens is 318 g/mol. The number of furan rings is 1. The highest BCUT2D eigenvalue weighted by atomic mass is 32.2. The maximum Gasteiger partial charge on any atom is 0.313 e. The van der Waals surface area contributed by atoms with Crippen LogP contribution in [0.1, 0.15) is 16.1 Å². The summed E-state index contributed by atoms with van der Waals surface area (Å²) in [6, 6.07) is 11.0. The molecule has 7 heteroatoms. The van der Waals surface area contributed by atoms with Crippen LogP contribution in [-0.4, -0.2) is 35.0 Å². The van der Waals surface area contributed by atoms with Crippen LogP contribution in [0.15, 0.2) is 47.1 Å². The van der Waals surface area contributed by atoms with E-state index in [9.17, 15) is 9.59 Å². The van der Waals surface area contributed by atoms with Crippen molar-refractivity contribution in [2.24, 2.45) is 0 Å². The molecule has 0 unspecified atom stereocenters. The fourth-order valence-electron chi connectivity index (χ4n) is 1.80. The number of nitrogens with one attached hydrogen (secondary N) is 1. The Labute approximate surface area is 137 Å². The van der Waals surface area contributed by atoms with E-state index in [1.54, 1.807) is 6.07 Å². The number of hydrogen-bond donors (Lipinski definition) is 2. The quantitative estimate of drug-likeness (QED) is 0.684. The molecule has 0 aliphatic carbocycles. The summed E-state index contributed by atoms with van der Waals surface area (Å²) >= 11 is 1.24. The van der Waals surface area contributed by atoms with Crippen LogP contribution in [0.3, 0.4) is 0 Å². The molecule has 2 rings (SSSR count). The SMILES string of the molecule is O=C(O)CSCCNC(=O)c1occc1COc1ccccc1. The molecule has 6 nitrogen and oxygen atoms in total. The number of carboxylic acid groups (broad SMARTS) is 1. The molecule has 122 valence electrons. The van der Waals surface area contributed by atoms with Crippen molar-refractivity contribution >= 4 is 23.6 Å². The second-order valence-electron chi connectivity index (χ2n) is 4.58. The van der Waals surface area contributed by atoms with E-state index in [-0.39, 0.29) is 24.0 Å². The molecule has 0 aliphatic heterocycles. The molecule has 0 saturated carbocycles. The van der Waals surface area contributed by atoms with Gasteiger partial charge in [0.05, 0.1) is 12.0 Å². The van der Waals surface area contributed by atoms with Gasteiger partial charge in [-0.05, 0) is 18.2 Å². The Balaban J connectivity index is 1.80. The molecule has 1 aromatic carbocycles. The van der Waals surface area contributed by atoms with Crippen LogP contribution in [0.2, 0.25) is 0 Å². The number of rotatable bonds is 9. The lowest BCUT2D eigenvalue weighted by molar-refractivity contribution is -0.133. The second kappa shape index (κ2) is 8.89. The van der Waals surface area contributed by atoms with E-state index >= 15 is 0 Å². The summed E-state index contributed by atoms with van der Waals surface area (Å²) in [5.41, 5.74) is 0.657. The fraction of sp³-hybridized carbons (Fsp3) is 0.250. The third-order valence-corrected chi connectivity index (χ3v) is 3.79. The first kappa shape index (κ1) is 17.0. The van der Waals surface area contributed by atoms with Crippen molar-refractivity contribution in [3.8, 4) is 5.75 Å². The van der Waals surface area contributed by atoms with Gasteiger partial charge in [-0.3, -0.25) is 9.59 Å². The molecule has 2 N–H and O–H groups in total. The molecule has 1 aromatic heterocycles. The van der Waals surface area contributed by atoms with Crippen molar-refractivity contribution in [1.29, 1.82) is 0 Å². The molecule has 0 fully saturated rings. The number of amides is 1. The van der Waals surface area contributed by atoms with Crippen molar-refractivity contribution in [1.82, 2.24) is 5.32 Å². The van der Waals surface area contributed by atoms with E-state index in [0.29, 0.717) is 23.6 Å². The lowest BCUT2D eigenvalue weighted by Crippen LogP contribution is -2.26. The maximum atomic E-state index is 12.0. The number of thioether (sulfide) groups is 1. The molecule has 1 amide bonds. The van der Waals surface area contributed by atoms with Gasteiger partial charge in [0.2, 0.25) is 0 Å². The lowest BCUT2D eigenvalue weighted by atomic mass is 10.2. The van der Waals surface area contributed by atoms with Crippen LogP contribution in [-0.2, 0) is 11.4 Å². The highest BCUT2D eigenvalue weighted by molar-refractivity contribution is 7.99. The molecular formula is C16H17NO5S. The average Bonchev–Trinajstić information content (AvgIpc) is 3.02. The van der Waals surface area contributed by atoms with E-state index < -0.39 is 5.97 Å².